The van der Waals surface area contributed by atoms with Crippen molar-refractivity contribution in [3.63, 3.8) is 0 Å². The number of anilines is 1. The molecule has 1 aromatic carbocycles. The monoisotopic (exact) mass is 383 g/mol. The van der Waals surface area contributed by atoms with Gasteiger partial charge < -0.3 is 0 Å². The summed E-state index contributed by atoms with van der Waals surface area (Å²) in [5.74, 6) is -0.881. The summed E-state index contributed by atoms with van der Waals surface area (Å²) in [5.41, 5.74) is 0.866. The van der Waals surface area contributed by atoms with Crippen molar-refractivity contribution in [2.75, 3.05) is 18.0 Å². The summed E-state index contributed by atoms with van der Waals surface area (Å²) in [6.07, 6.45) is 5.28. The topological polar surface area (TPSA) is 70.6 Å². The minimum absolute atomic E-state index is 0.119. The highest BCUT2D eigenvalue weighted by molar-refractivity contribution is 7.22. The lowest BCUT2D eigenvalue weighted by Gasteiger charge is -2.20. The SMILES string of the molecule is CCN(C(=O)CCN1C(=O)[C@@H]2CC=CC[C@H]2C1=O)c1nc2ccccc2s1. The van der Waals surface area contributed by atoms with Crippen molar-refractivity contribution in [2.24, 2.45) is 11.8 Å². The van der Waals surface area contributed by atoms with Crippen LogP contribution in [-0.2, 0) is 14.4 Å². The zero-order chi connectivity index (χ0) is 19.0. The van der Waals surface area contributed by atoms with Gasteiger partial charge in [-0.1, -0.05) is 35.6 Å². The van der Waals surface area contributed by atoms with Gasteiger partial charge in [-0.3, -0.25) is 24.2 Å². The molecule has 0 bridgehead atoms. The van der Waals surface area contributed by atoms with Gasteiger partial charge in [-0.05, 0) is 31.9 Å². The van der Waals surface area contributed by atoms with E-state index in [9.17, 15) is 14.4 Å². The van der Waals surface area contributed by atoms with Crippen molar-refractivity contribution in [2.45, 2.75) is 26.2 Å². The highest BCUT2D eigenvalue weighted by atomic mass is 32.1. The maximum atomic E-state index is 12.8. The second kappa shape index (κ2) is 7.23. The summed E-state index contributed by atoms with van der Waals surface area (Å²) in [7, 11) is 0. The van der Waals surface area contributed by atoms with Crippen LogP contribution in [0.1, 0.15) is 26.2 Å². The fourth-order valence-corrected chi connectivity index (χ4v) is 4.87. The van der Waals surface area contributed by atoms with Gasteiger partial charge in [0.25, 0.3) is 0 Å². The minimum atomic E-state index is -0.246. The van der Waals surface area contributed by atoms with Crippen LogP contribution in [0.3, 0.4) is 0 Å². The first-order valence-electron chi connectivity index (χ1n) is 9.26. The Labute approximate surface area is 161 Å². The molecule has 1 fully saturated rings. The number of hydrogen-bond donors (Lipinski definition) is 0. The third-order valence-electron chi connectivity index (χ3n) is 5.28. The molecule has 1 aromatic heterocycles. The van der Waals surface area contributed by atoms with Crippen molar-refractivity contribution in [1.29, 1.82) is 0 Å². The molecule has 1 aliphatic carbocycles. The molecule has 4 rings (SSSR count). The standard InChI is InChI=1S/C20H21N3O3S/c1-2-22(20-21-15-9-5-6-10-16(15)27-20)17(24)11-12-23-18(25)13-7-3-4-8-14(13)19(23)26/h3-6,9-10,13-14H,2,7-8,11-12H2,1H3/t13-,14-/m1/s1. The molecule has 3 amide bonds. The number of carbonyl (C=O) groups excluding carboxylic acids is 3. The number of imide groups is 1. The Morgan fingerprint density at radius 2 is 1.85 bits per heavy atom. The number of para-hydroxylation sites is 1. The third kappa shape index (κ3) is 3.16. The maximum Gasteiger partial charge on any atom is 0.233 e. The lowest BCUT2D eigenvalue weighted by atomic mass is 9.85. The largest absolute Gasteiger partial charge is 0.288 e. The Balaban J connectivity index is 1.45. The molecule has 0 unspecified atom stereocenters. The molecular formula is C20H21N3O3S. The van der Waals surface area contributed by atoms with Crippen LogP contribution < -0.4 is 4.90 Å². The molecule has 0 N–H and O–H groups in total. The molecule has 0 spiro atoms. The molecule has 1 aliphatic heterocycles. The summed E-state index contributed by atoms with van der Waals surface area (Å²) in [6.45, 7) is 2.54. The van der Waals surface area contributed by atoms with E-state index in [1.54, 1.807) is 4.90 Å². The molecule has 6 nitrogen and oxygen atoms in total. The van der Waals surface area contributed by atoms with Crippen molar-refractivity contribution < 1.29 is 14.4 Å². The number of allylic oxidation sites excluding steroid dienone is 2. The number of likely N-dealkylation sites (tertiary alicyclic amines) is 1. The summed E-state index contributed by atoms with van der Waals surface area (Å²) >= 11 is 1.47. The van der Waals surface area contributed by atoms with Gasteiger partial charge in [0.15, 0.2) is 5.13 Å². The Bertz CT molecular complexity index is 876. The van der Waals surface area contributed by atoms with Crippen LogP contribution >= 0.6 is 11.3 Å². The Hall–Kier alpha value is -2.54. The Kier molecular flexibility index (Phi) is 4.78. The number of rotatable bonds is 5. The molecule has 0 saturated carbocycles. The second-order valence-electron chi connectivity index (χ2n) is 6.84. The van der Waals surface area contributed by atoms with E-state index >= 15 is 0 Å². The Morgan fingerprint density at radius 3 is 2.48 bits per heavy atom. The van der Waals surface area contributed by atoms with Crippen LogP contribution in [0, 0.1) is 11.8 Å². The van der Waals surface area contributed by atoms with Gasteiger partial charge in [-0.25, -0.2) is 4.98 Å². The molecule has 7 heteroatoms. The highest BCUT2D eigenvalue weighted by Crippen LogP contribution is 2.35. The zero-order valence-electron chi connectivity index (χ0n) is 15.1. The highest BCUT2D eigenvalue weighted by Gasteiger charge is 2.47. The number of thiazole rings is 1. The summed E-state index contributed by atoms with van der Waals surface area (Å²) in [5, 5.41) is 0.653. The predicted octanol–water partition coefficient (Wildman–Crippen LogP) is 2.99. The molecule has 140 valence electrons. The molecule has 2 atom stereocenters. The fraction of sp³-hybridized carbons (Fsp3) is 0.400. The van der Waals surface area contributed by atoms with Gasteiger partial charge in [0.1, 0.15) is 0 Å². The van der Waals surface area contributed by atoms with Crippen LogP contribution in [0.25, 0.3) is 10.2 Å². The fourth-order valence-electron chi connectivity index (χ4n) is 3.83. The summed E-state index contributed by atoms with van der Waals surface area (Å²) < 4.78 is 1.03. The number of nitrogens with zero attached hydrogens (tertiary/aromatic N) is 3. The molecule has 2 aromatic rings. The van der Waals surface area contributed by atoms with Gasteiger partial charge >= 0.3 is 0 Å². The summed E-state index contributed by atoms with van der Waals surface area (Å²) in [4.78, 5) is 45.3. The van der Waals surface area contributed by atoms with Crippen LogP contribution in [-0.4, -0.2) is 40.7 Å². The maximum absolute atomic E-state index is 12.8. The van der Waals surface area contributed by atoms with E-state index in [2.05, 4.69) is 4.98 Å². The van der Waals surface area contributed by atoms with Crippen molar-refractivity contribution in [3.05, 3.63) is 36.4 Å². The summed E-state index contributed by atoms with van der Waals surface area (Å²) in [6, 6.07) is 7.77. The van der Waals surface area contributed by atoms with Gasteiger partial charge in [0.2, 0.25) is 17.7 Å². The number of aromatic nitrogens is 1. The van der Waals surface area contributed by atoms with E-state index in [0.29, 0.717) is 24.5 Å². The van der Waals surface area contributed by atoms with E-state index in [0.717, 1.165) is 10.2 Å². The average Bonchev–Trinajstić information content (AvgIpc) is 3.21. The molecule has 27 heavy (non-hydrogen) atoms. The molecule has 2 heterocycles. The third-order valence-corrected chi connectivity index (χ3v) is 6.34. The normalized spacial score (nSPS) is 21.7. The lowest BCUT2D eigenvalue weighted by molar-refractivity contribution is -0.140. The van der Waals surface area contributed by atoms with E-state index in [4.69, 9.17) is 0 Å². The first kappa shape index (κ1) is 17.9. The molecule has 0 radical (unpaired) electrons. The first-order chi connectivity index (χ1) is 13.1. The minimum Gasteiger partial charge on any atom is -0.288 e. The van der Waals surface area contributed by atoms with Gasteiger partial charge in [0.05, 0.1) is 22.1 Å². The lowest BCUT2D eigenvalue weighted by Crippen LogP contribution is -2.37. The number of benzene rings is 1. The number of carbonyl (C=O) groups is 3. The number of fused-ring (bicyclic) bond motifs is 2. The van der Waals surface area contributed by atoms with E-state index < -0.39 is 0 Å². The second-order valence-corrected chi connectivity index (χ2v) is 7.85. The van der Waals surface area contributed by atoms with Gasteiger partial charge in [-0.15, -0.1) is 0 Å². The van der Waals surface area contributed by atoms with Gasteiger partial charge in [0, 0.05) is 19.5 Å². The van der Waals surface area contributed by atoms with E-state index in [1.807, 2.05) is 43.3 Å². The predicted molar refractivity (Wildman–Crippen MR) is 104 cm³/mol. The van der Waals surface area contributed by atoms with Crippen molar-refractivity contribution >= 4 is 44.4 Å². The number of hydrogen-bond acceptors (Lipinski definition) is 5. The van der Waals surface area contributed by atoms with Crippen LogP contribution in [0.2, 0.25) is 0 Å². The molecule has 1 saturated heterocycles. The molecular weight excluding hydrogens is 362 g/mol. The van der Waals surface area contributed by atoms with E-state index in [1.165, 1.54) is 16.2 Å². The smallest absolute Gasteiger partial charge is 0.233 e. The number of amides is 3. The molecule has 2 aliphatic rings. The average molecular weight is 383 g/mol. The van der Waals surface area contributed by atoms with Crippen molar-refractivity contribution in [1.82, 2.24) is 9.88 Å². The zero-order valence-corrected chi connectivity index (χ0v) is 15.9. The first-order valence-corrected chi connectivity index (χ1v) is 10.1. The Morgan fingerprint density at radius 1 is 1.19 bits per heavy atom. The van der Waals surface area contributed by atoms with Crippen LogP contribution in [0.15, 0.2) is 36.4 Å². The quantitative estimate of drug-likeness (QED) is 0.588. The van der Waals surface area contributed by atoms with Crippen LogP contribution in [0.5, 0.6) is 0 Å². The van der Waals surface area contributed by atoms with E-state index in [-0.39, 0.29) is 42.5 Å². The van der Waals surface area contributed by atoms with Crippen LogP contribution in [0.4, 0.5) is 5.13 Å². The van der Waals surface area contributed by atoms with Gasteiger partial charge in [-0.2, -0.15) is 0 Å². The van der Waals surface area contributed by atoms with Crippen molar-refractivity contribution in [3.8, 4) is 0 Å².